The fourth-order valence-electron chi connectivity index (χ4n) is 5.03. The third-order valence-electron chi connectivity index (χ3n) is 6.81. The van der Waals surface area contributed by atoms with Crippen LogP contribution in [0.25, 0.3) is 0 Å². The minimum atomic E-state index is -4.47. The number of benzene rings is 1. The van der Waals surface area contributed by atoms with Gasteiger partial charge in [0, 0.05) is 32.8 Å². The van der Waals surface area contributed by atoms with Gasteiger partial charge in [0.2, 0.25) is 0 Å². The largest absolute Gasteiger partial charge is 0.461 e. The van der Waals surface area contributed by atoms with Crippen molar-refractivity contribution in [3.63, 3.8) is 0 Å². The number of rotatable bonds is 11. The fourth-order valence-corrected chi connectivity index (χ4v) is 5.03. The first kappa shape index (κ1) is 22.8. The second-order valence-electron chi connectivity index (χ2n) is 9.12. The van der Waals surface area contributed by atoms with Gasteiger partial charge < -0.3 is 14.4 Å². The molecule has 1 aromatic rings. The van der Waals surface area contributed by atoms with Crippen molar-refractivity contribution in [3.05, 3.63) is 29.8 Å². The van der Waals surface area contributed by atoms with E-state index in [0.29, 0.717) is 17.8 Å². The van der Waals surface area contributed by atoms with E-state index in [1.807, 2.05) is 0 Å². The maximum Gasteiger partial charge on any atom is 0.461 e. The molecule has 0 bridgehead atoms. The number of piperidine rings is 2. The number of halogens is 4. The lowest BCUT2D eigenvalue weighted by atomic mass is 10.1. The van der Waals surface area contributed by atoms with Crippen molar-refractivity contribution in [3.8, 4) is 5.75 Å². The van der Waals surface area contributed by atoms with E-state index in [4.69, 9.17) is 4.74 Å². The van der Waals surface area contributed by atoms with Crippen molar-refractivity contribution in [2.75, 3.05) is 45.9 Å². The zero-order chi connectivity index (χ0) is 21.8. The summed E-state index contributed by atoms with van der Waals surface area (Å²) in [6.45, 7) is 8.09. The Hall–Kier alpha value is -1.38. The van der Waals surface area contributed by atoms with Gasteiger partial charge in [-0.3, -0.25) is 4.90 Å². The molecule has 1 aromatic carbocycles. The molecule has 8 heteroatoms. The molecule has 0 spiro atoms. The topological polar surface area (TPSA) is 24.9 Å². The van der Waals surface area contributed by atoms with Gasteiger partial charge >= 0.3 is 12.5 Å². The zero-order valence-electron chi connectivity index (χ0n) is 17.8. The molecule has 4 nitrogen and oxygen atoms in total. The standard InChI is InChI=1S/C23H32F4N2O2/c24-22(25)23(26,27)31-18-7-5-17(6-8-18)13-29-14-19-20(15-29)21(19)16-30-12-4-11-28-9-2-1-3-10-28/h5-8,19-22H,1-4,9-16H2. The summed E-state index contributed by atoms with van der Waals surface area (Å²) in [7, 11) is 0. The molecule has 0 amide bonds. The lowest BCUT2D eigenvalue weighted by Crippen LogP contribution is -2.33. The molecule has 2 saturated heterocycles. The average molecular weight is 445 g/mol. The maximum atomic E-state index is 13.0. The van der Waals surface area contributed by atoms with Gasteiger partial charge in [-0.1, -0.05) is 18.6 Å². The summed E-state index contributed by atoms with van der Waals surface area (Å²) in [4.78, 5) is 4.89. The summed E-state index contributed by atoms with van der Waals surface area (Å²) in [5.74, 6) is 1.79. The Morgan fingerprint density at radius 2 is 1.65 bits per heavy atom. The van der Waals surface area contributed by atoms with E-state index in [1.165, 1.54) is 44.5 Å². The van der Waals surface area contributed by atoms with E-state index < -0.39 is 12.5 Å². The molecular formula is C23H32F4N2O2. The smallest absolute Gasteiger partial charge is 0.428 e. The first-order valence-electron chi connectivity index (χ1n) is 11.4. The third-order valence-corrected chi connectivity index (χ3v) is 6.81. The predicted molar refractivity (Wildman–Crippen MR) is 109 cm³/mol. The first-order chi connectivity index (χ1) is 14.9. The molecule has 0 aromatic heterocycles. The number of ether oxygens (including phenoxy) is 2. The van der Waals surface area contributed by atoms with Crippen LogP contribution in [0.4, 0.5) is 17.6 Å². The maximum absolute atomic E-state index is 13.0. The Bertz CT molecular complexity index is 685. The molecule has 2 unspecified atom stereocenters. The number of hydrogen-bond donors (Lipinski definition) is 0. The Labute approximate surface area is 181 Å². The summed E-state index contributed by atoms with van der Waals surface area (Å²) in [6.07, 6.45) is -3.19. The van der Waals surface area contributed by atoms with E-state index >= 15 is 0 Å². The minimum Gasteiger partial charge on any atom is -0.428 e. The van der Waals surface area contributed by atoms with Gasteiger partial charge in [-0.2, -0.15) is 17.6 Å². The van der Waals surface area contributed by atoms with Gasteiger partial charge in [-0.15, -0.1) is 0 Å². The highest BCUT2D eigenvalue weighted by Crippen LogP contribution is 2.52. The highest BCUT2D eigenvalue weighted by atomic mass is 19.3. The molecular weight excluding hydrogens is 412 g/mol. The highest BCUT2D eigenvalue weighted by molar-refractivity contribution is 5.28. The van der Waals surface area contributed by atoms with Gasteiger partial charge in [0.1, 0.15) is 5.75 Å². The van der Waals surface area contributed by atoms with E-state index in [0.717, 1.165) is 51.4 Å². The fraction of sp³-hybridized carbons (Fsp3) is 0.739. The summed E-state index contributed by atoms with van der Waals surface area (Å²) < 4.78 is 60.4. The van der Waals surface area contributed by atoms with Crippen LogP contribution in [0, 0.1) is 17.8 Å². The van der Waals surface area contributed by atoms with E-state index in [-0.39, 0.29) is 5.75 Å². The molecule has 2 aliphatic heterocycles. The molecule has 0 N–H and O–H groups in total. The van der Waals surface area contributed by atoms with Crippen LogP contribution in [0.3, 0.4) is 0 Å². The minimum absolute atomic E-state index is 0.254. The second kappa shape index (κ2) is 10.0. The van der Waals surface area contributed by atoms with Crippen LogP contribution in [0.1, 0.15) is 31.2 Å². The van der Waals surface area contributed by atoms with Crippen molar-refractivity contribution < 1.29 is 27.0 Å². The molecule has 174 valence electrons. The van der Waals surface area contributed by atoms with Gasteiger partial charge in [0.25, 0.3) is 0 Å². The van der Waals surface area contributed by atoms with Crippen LogP contribution in [-0.4, -0.2) is 68.3 Å². The summed E-state index contributed by atoms with van der Waals surface area (Å²) in [5, 5.41) is 0. The van der Waals surface area contributed by atoms with Gasteiger partial charge in [0.05, 0.1) is 6.61 Å². The van der Waals surface area contributed by atoms with E-state index in [2.05, 4.69) is 14.5 Å². The third kappa shape index (κ3) is 6.11. The summed E-state index contributed by atoms with van der Waals surface area (Å²) in [5.41, 5.74) is 0.958. The van der Waals surface area contributed by atoms with Gasteiger partial charge in [-0.25, -0.2) is 0 Å². The second-order valence-corrected chi connectivity index (χ2v) is 9.12. The number of nitrogens with zero attached hydrogens (tertiary/aromatic N) is 2. The van der Waals surface area contributed by atoms with Gasteiger partial charge in [-0.05, 0) is 67.8 Å². The number of hydrogen-bond acceptors (Lipinski definition) is 4. The van der Waals surface area contributed by atoms with Crippen molar-refractivity contribution in [1.82, 2.24) is 9.80 Å². The van der Waals surface area contributed by atoms with Gasteiger partial charge in [0.15, 0.2) is 0 Å². The molecule has 31 heavy (non-hydrogen) atoms. The van der Waals surface area contributed by atoms with Crippen LogP contribution >= 0.6 is 0 Å². The van der Waals surface area contributed by atoms with Crippen LogP contribution in [0.15, 0.2) is 24.3 Å². The number of likely N-dealkylation sites (tertiary alicyclic amines) is 2. The Morgan fingerprint density at radius 3 is 2.29 bits per heavy atom. The lowest BCUT2D eigenvalue weighted by Gasteiger charge is -2.26. The molecule has 1 saturated carbocycles. The lowest BCUT2D eigenvalue weighted by molar-refractivity contribution is -0.253. The number of alkyl halides is 4. The van der Waals surface area contributed by atoms with Crippen LogP contribution < -0.4 is 4.74 Å². The van der Waals surface area contributed by atoms with Crippen molar-refractivity contribution >= 4 is 0 Å². The van der Waals surface area contributed by atoms with Crippen LogP contribution in [-0.2, 0) is 11.3 Å². The zero-order valence-corrected chi connectivity index (χ0v) is 17.8. The predicted octanol–water partition coefficient (Wildman–Crippen LogP) is 4.49. The van der Waals surface area contributed by atoms with E-state index in [1.54, 1.807) is 12.1 Å². The van der Waals surface area contributed by atoms with Crippen molar-refractivity contribution in [1.29, 1.82) is 0 Å². The van der Waals surface area contributed by atoms with Crippen LogP contribution in [0.5, 0.6) is 5.75 Å². The van der Waals surface area contributed by atoms with Crippen LogP contribution in [0.2, 0.25) is 0 Å². The molecule has 0 radical (unpaired) electrons. The Balaban J connectivity index is 1.10. The van der Waals surface area contributed by atoms with Crippen molar-refractivity contribution in [2.24, 2.45) is 17.8 Å². The molecule has 1 aliphatic carbocycles. The summed E-state index contributed by atoms with van der Waals surface area (Å²) in [6, 6.07) is 5.96. The number of fused-ring (bicyclic) bond motifs is 1. The quantitative estimate of drug-likeness (QED) is 0.371. The highest BCUT2D eigenvalue weighted by Gasteiger charge is 2.55. The molecule has 4 rings (SSSR count). The Kier molecular flexibility index (Phi) is 7.39. The molecule has 2 atom stereocenters. The normalized spacial score (nSPS) is 26.9. The first-order valence-corrected chi connectivity index (χ1v) is 11.4. The SMILES string of the molecule is FC(F)C(F)(F)Oc1ccc(CN2CC3C(COCCCN4CCCCC4)C3C2)cc1. The molecule has 3 fully saturated rings. The summed E-state index contributed by atoms with van der Waals surface area (Å²) >= 11 is 0. The molecule has 2 heterocycles. The molecule has 3 aliphatic rings. The monoisotopic (exact) mass is 444 g/mol. The Morgan fingerprint density at radius 1 is 0.968 bits per heavy atom. The average Bonchev–Trinajstić information content (AvgIpc) is 3.20. The van der Waals surface area contributed by atoms with E-state index in [9.17, 15) is 17.6 Å². The van der Waals surface area contributed by atoms with Crippen molar-refractivity contribution in [2.45, 2.75) is 44.8 Å².